The molecular weight excluding hydrogens is 494 g/mol. The molecule has 2 nitrogen and oxygen atoms in total. The first-order valence-electron chi connectivity index (χ1n) is 12.8. The molecule has 0 spiro atoms. The monoisotopic (exact) mass is 526 g/mol. The molecule has 0 radical (unpaired) electrons. The summed E-state index contributed by atoms with van der Waals surface area (Å²) in [7, 11) is 0. The Morgan fingerprint density at radius 3 is 1.86 bits per heavy atom. The lowest BCUT2D eigenvalue weighted by atomic mass is 9.78. The minimum Gasteiger partial charge on any atom is -0.403 e. The number of halogens is 6. The van der Waals surface area contributed by atoms with Gasteiger partial charge in [-0.25, -0.2) is 4.39 Å². The van der Waals surface area contributed by atoms with Gasteiger partial charge in [0.2, 0.25) is 0 Å². The summed E-state index contributed by atoms with van der Waals surface area (Å²) in [5, 5.41) is 0. The largest absolute Gasteiger partial charge is 0.573 e. The first kappa shape index (κ1) is 27.6. The van der Waals surface area contributed by atoms with Gasteiger partial charge in [-0.1, -0.05) is 48.0 Å². The van der Waals surface area contributed by atoms with Crippen molar-refractivity contribution in [3.05, 3.63) is 77.1 Å². The Morgan fingerprint density at radius 1 is 0.757 bits per heavy atom. The van der Waals surface area contributed by atoms with Gasteiger partial charge >= 0.3 is 12.5 Å². The van der Waals surface area contributed by atoms with Gasteiger partial charge in [-0.2, -0.15) is 8.78 Å². The molecule has 2 aliphatic rings. The first-order valence-corrected chi connectivity index (χ1v) is 12.8. The highest BCUT2D eigenvalue weighted by atomic mass is 19.4. The van der Waals surface area contributed by atoms with Crippen LogP contribution in [0, 0.1) is 24.6 Å². The fraction of sp³-hybridized carbons (Fsp3) is 0.517. The van der Waals surface area contributed by atoms with Crippen molar-refractivity contribution >= 4 is 0 Å². The predicted molar refractivity (Wildman–Crippen MR) is 129 cm³/mol. The summed E-state index contributed by atoms with van der Waals surface area (Å²) in [6, 6.07) is 9.82. The predicted octanol–water partition coefficient (Wildman–Crippen LogP) is 9.19. The molecular formula is C29H32F6O2. The van der Waals surface area contributed by atoms with E-state index in [4.69, 9.17) is 4.74 Å². The summed E-state index contributed by atoms with van der Waals surface area (Å²) in [6.07, 6.45) is 1.95. The third kappa shape index (κ3) is 7.76. The van der Waals surface area contributed by atoms with E-state index in [0.29, 0.717) is 30.2 Å². The van der Waals surface area contributed by atoms with Crippen LogP contribution < -0.4 is 4.74 Å². The molecule has 2 aliphatic carbocycles. The van der Waals surface area contributed by atoms with E-state index in [-0.39, 0.29) is 11.5 Å². The maximum atomic E-state index is 14.5. The smallest absolute Gasteiger partial charge is 0.403 e. The Kier molecular flexibility index (Phi) is 8.56. The summed E-state index contributed by atoms with van der Waals surface area (Å²) < 4.78 is 89.1. The van der Waals surface area contributed by atoms with Crippen LogP contribution in [0.4, 0.5) is 26.3 Å². The molecule has 0 atom stereocenters. The van der Waals surface area contributed by atoms with E-state index >= 15 is 0 Å². The number of allylic oxidation sites excluding steroid dienone is 2. The maximum absolute atomic E-state index is 14.5. The van der Waals surface area contributed by atoms with Gasteiger partial charge in [-0.3, -0.25) is 0 Å². The summed E-state index contributed by atoms with van der Waals surface area (Å²) in [4.78, 5) is 0. The van der Waals surface area contributed by atoms with Gasteiger partial charge in [-0.05, 0) is 93.7 Å². The van der Waals surface area contributed by atoms with Crippen LogP contribution in [-0.2, 0) is 10.8 Å². The quantitative estimate of drug-likeness (QED) is 0.265. The highest BCUT2D eigenvalue weighted by molar-refractivity contribution is 5.32. The Balaban J connectivity index is 1.21. The lowest BCUT2D eigenvalue weighted by Crippen LogP contribution is -2.29. The van der Waals surface area contributed by atoms with Crippen LogP contribution in [0.3, 0.4) is 0 Å². The van der Waals surface area contributed by atoms with Crippen LogP contribution >= 0.6 is 0 Å². The molecule has 202 valence electrons. The molecule has 4 rings (SSSR count). The third-order valence-corrected chi connectivity index (χ3v) is 7.50. The van der Waals surface area contributed by atoms with Gasteiger partial charge < -0.3 is 9.47 Å². The molecule has 0 amide bonds. The zero-order chi connectivity index (χ0) is 26.6. The van der Waals surface area contributed by atoms with E-state index in [2.05, 4.69) is 16.9 Å². The van der Waals surface area contributed by atoms with Crippen LogP contribution in [-0.4, -0.2) is 12.5 Å². The van der Waals surface area contributed by atoms with E-state index in [0.717, 1.165) is 56.2 Å². The SMILES string of the molecule is Cc1ccc(C(F)(F)OC2CCC(/C=C/C3CCC(c4ccc(OC(F)(F)F)c(F)c4)CC3)CC2)cc1. The van der Waals surface area contributed by atoms with Gasteiger partial charge in [0, 0.05) is 0 Å². The molecule has 0 aliphatic heterocycles. The number of alkyl halides is 5. The number of aryl methyl sites for hydroxylation is 1. The fourth-order valence-electron chi connectivity index (χ4n) is 5.36. The summed E-state index contributed by atoms with van der Waals surface area (Å²) >= 11 is 0. The second-order valence-electron chi connectivity index (χ2n) is 10.3. The van der Waals surface area contributed by atoms with Crippen LogP contribution in [0.2, 0.25) is 0 Å². The zero-order valence-electron chi connectivity index (χ0n) is 20.7. The van der Waals surface area contributed by atoms with Crippen LogP contribution in [0.1, 0.15) is 74.0 Å². The molecule has 2 aromatic carbocycles. The summed E-state index contributed by atoms with van der Waals surface area (Å²) in [5.74, 6) is -1.00. The minimum absolute atomic E-state index is 0.0990. The zero-order valence-corrected chi connectivity index (χ0v) is 20.7. The van der Waals surface area contributed by atoms with Crippen molar-refractivity contribution in [2.75, 3.05) is 0 Å². The molecule has 37 heavy (non-hydrogen) atoms. The number of ether oxygens (including phenoxy) is 2. The Labute approximate surface area is 213 Å². The fourth-order valence-corrected chi connectivity index (χ4v) is 5.36. The average molecular weight is 527 g/mol. The van der Waals surface area contributed by atoms with Gasteiger partial charge in [0.05, 0.1) is 11.7 Å². The Hall–Kier alpha value is -2.48. The lowest BCUT2D eigenvalue weighted by molar-refractivity contribution is -0.277. The normalized spacial score (nSPS) is 25.4. The van der Waals surface area contributed by atoms with Gasteiger partial charge in [-0.15, -0.1) is 13.2 Å². The molecule has 0 aromatic heterocycles. The van der Waals surface area contributed by atoms with Gasteiger partial charge in [0.1, 0.15) is 0 Å². The van der Waals surface area contributed by atoms with E-state index < -0.39 is 30.1 Å². The van der Waals surface area contributed by atoms with E-state index in [1.165, 1.54) is 18.2 Å². The summed E-state index contributed by atoms with van der Waals surface area (Å²) in [6.45, 7) is 1.85. The maximum Gasteiger partial charge on any atom is 0.573 e. The van der Waals surface area contributed by atoms with Crippen molar-refractivity contribution in [3.63, 3.8) is 0 Å². The van der Waals surface area contributed by atoms with Crippen LogP contribution in [0.5, 0.6) is 5.75 Å². The van der Waals surface area contributed by atoms with Crippen LogP contribution in [0.15, 0.2) is 54.6 Å². The van der Waals surface area contributed by atoms with Crippen molar-refractivity contribution in [3.8, 4) is 5.75 Å². The highest BCUT2D eigenvalue weighted by Crippen LogP contribution is 2.39. The van der Waals surface area contributed by atoms with Gasteiger partial charge in [0.15, 0.2) is 11.6 Å². The van der Waals surface area contributed by atoms with Gasteiger partial charge in [0.25, 0.3) is 0 Å². The number of benzene rings is 2. The lowest BCUT2D eigenvalue weighted by Gasteiger charge is -2.31. The molecule has 0 heterocycles. The Bertz CT molecular complexity index is 1050. The van der Waals surface area contributed by atoms with Crippen molar-refractivity contribution < 1.29 is 35.8 Å². The molecule has 0 N–H and O–H groups in total. The third-order valence-electron chi connectivity index (χ3n) is 7.50. The molecule has 2 fully saturated rings. The van der Waals surface area contributed by atoms with E-state index in [1.807, 2.05) is 6.92 Å². The summed E-state index contributed by atoms with van der Waals surface area (Å²) in [5.41, 5.74) is 1.49. The first-order chi connectivity index (χ1) is 17.5. The van der Waals surface area contributed by atoms with Crippen molar-refractivity contribution in [1.82, 2.24) is 0 Å². The molecule has 8 heteroatoms. The number of rotatable bonds is 7. The topological polar surface area (TPSA) is 18.5 Å². The second-order valence-corrected chi connectivity index (χ2v) is 10.3. The second kappa shape index (κ2) is 11.5. The van der Waals surface area contributed by atoms with Crippen molar-refractivity contribution in [1.29, 1.82) is 0 Å². The molecule has 2 aromatic rings. The molecule has 2 saturated carbocycles. The van der Waals surface area contributed by atoms with Crippen LogP contribution in [0.25, 0.3) is 0 Å². The molecule has 0 unspecified atom stereocenters. The highest BCUT2D eigenvalue weighted by Gasteiger charge is 2.37. The van der Waals surface area contributed by atoms with E-state index in [1.54, 1.807) is 12.1 Å². The molecule has 0 bridgehead atoms. The standard InChI is InChI=1S/C29H32F6O2/c1-19-2-13-24(14-3-19)28(31,32)36-25-15-8-21(9-16-25)5-4-20-6-10-22(11-7-20)23-12-17-27(26(30)18-23)37-29(33,34)35/h2-5,12-14,17-18,20-22,25H,6-11,15-16H2,1H3/b5-4+. The molecule has 0 saturated heterocycles. The minimum atomic E-state index is -4.93. The Morgan fingerprint density at radius 2 is 1.32 bits per heavy atom. The van der Waals surface area contributed by atoms with E-state index in [9.17, 15) is 26.3 Å². The number of hydrogen-bond donors (Lipinski definition) is 0. The average Bonchev–Trinajstić information content (AvgIpc) is 2.84. The van der Waals surface area contributed by atoms with Crippen molar-refractivity contribution in [2.24, 2.45) is 11.8 Å². The van der Waals surface area contributed by atoms with Crippen molar-refractivity contribution in [2.45, 2.75) is 82.8 Å². The number of hydrogen-bond acceptors (Lipinski definition) is 2.